The van der Waals surface area contributed by atoms with Crippen molar-refractivity contribution in [2.75, 3.05) is 18.4 Å². The minimum Gasteiger partial charge on any atom is -0.348 e. The molecule has 0 unspecified atom stereocenters. The summed E-state index contributed by atoms with van der Waals surface area (Å²) in [4.78, 5) is 30.0. The minimum atomic E-state index is -0.107. The molecular formula is C33H42N6O. The van der Waals surface area contributed by atoms with Crippen molar-refractivity contribution in [3.05, 3.63) is 113 Å². The summed E-state index contributed by atoms with van der Waals surface area (Å²) < 4.78 is 0. The van der Waals surface area contributed by atoms with Crippen molar-refractivity contribution in [1.29, 1.82) is 0 Å². The molecule has 2 aromatic carbocycles. The smallest absolute Gasteiger partial charge is 0.255 e. The van der Waals surface area contributed by atoms with Gasteiger partial charge in [-0.25, -0.2) is 4.98 Å². The molecule has 0 atom stereocenters. The summed E-state index contributed by atoms with van der Waals surface area (Å²) in [6, 6.07) is 18.2. The van der Waals surface area contributed by atoms with Gasteiger partial charge in [-0.15, -0.1) is 0 Å². The van der Waals surface area contributed by atoms with Gasteiger partial charge in [0.05, 0.1) is 12.2 Å². The van der Waals surface area contributed by atoms with Gasteiger partial charge in [-0.2, -0.15) is 0 Å². The third-order valence-electron chi connectivity index (χ3n) is 6.94. The van der Waals surface area contributed by atoms with Crippen molar-refractivity contribution in [3.8, 4) is 0 Å². The van der Waals surface area contributed by atoms with Crippen LogP contribution in [-0.4, -0.2) is 43.7 Å². The number of amides is 1. The van der Waals surface area contributed by atoms with E-state index in [-0.39, 0.29) is 5.91 Å². The second-order valence-corrected chi connectivity index (χ2v) is 10.6. The van der Waals surface area contributed by atoms with Crippen LogP contribution >= 0.6 is 0 Å². The molecule has 4 aromatic rings. The number of aromatic amines is 1. The number of hydrogen-bond donors (Lipinski definition) is 2. The van der Waals surface area contributed by atoms with E-state index in [1.165, 1.54) is 11.1 Å². The van der Waals surface area contributed by atoms with E-state index in [0.717, 1.165) is 60.8 Å². The molecule has 7 heteroatoms. The van der Waals surface area contributed by atoms with Gasteiger partial charge in [0.1, 0.15) is 5.82 Å². The lowest BCUT2D eigenvalue weighted by molar-refractivity contribution is 0.102. The Labute approximate surface area is 238 Å². The molecule has 0 saturated carbocycles. The zero-order valence-electron chi connectivity index (χ0n) is 24.3. The Morgan fingerprint density at radius 3 is 2.08 bits per heavy atom. The lowest BCUT2D eigenvalue weighted by atomic mass is 10.1. The first-order chi connectivity index (χ1) is 19.4. The minimum absolute atomic E-state index is 0.107. The summed E-state index contributed by atoms with van der Waals surface area (Å²) in [5.41, 5.74) is 7.24. The van der Waals surface area contributed by atoms with Gasteiger partial charge in [-0.1, -0.05) is 44.2 Å². The fourth-order valence-electron chi connectivity index (χ4n) is 4.96. The van der Waals surface area contributed by atoms with Crippen molar-refractivity contribution in [3.63, 3.8) is 0 Å². The SMILES string of the molecule is CCCN(CCC)Cc1ccc(NC(=O)c2ccc(CN(Cc3ncc[nH]3)Cc3ncc(C)cc3C)cc2)cc1. The number of aromatic nitrogens is 3. The number of rotatable bonds is 14. The molecule has 7 nitrogen and oxygen atoms in total. The van der Waals surface area contributed by atoms with Crippen molar-refractivity contribution in [2.24, 2.45) is 0 Å². The van der Waals surface area contributed by atoms with E-state index in [1.807, 2.05) is 48.8 Å². The Balaban J connectivity index is 1.37. The maximum absolute atomic E-state index is 12.9. The lowest BCUT2D eigenvalue weighted by Crippen LogP contribution is -2.24. The Morgan fingerprint density at radius 1 is 0.825 bits per heavy atom. The highest BCUT2D eigenvalue weighted by molar-refractivity contribution is 6.04. The van der Waals surface area contributed by atoms with E-state index in [4.69, 9.17) is 0 Å². The molecule has 0 saturated heterocycles. The van der Waals surface area contributed by atoms with Crippen LogP contribution in [0.1, 0.15) is 70.8 Å². The number of pyridine rings is 1. The van der Waals surface area contributed by atoms with Crippen LogP contribution in [0.5, 0.6) is 0 Å². The molecule has 40 heavy (non-hydrogen) atoms. The molecule has 0 fully saturated rings. The standard InChI is InChI=1S/C33H42N6O/c1-5-17-38(18-6-2)21-28-9-13-30(14-10-28)37-33(40)29-11-7-27(8-12-29)22-39(24-32-34-15-16-35-32)23-31-26(4)19-25(3)20-36-31/h7-16,19-20H,5-6,17-18,21-24H2,1-4H3,(H,34,35)(H,37,40). The number of carbonyl (C=O) groups excluding carboxylic acids is 1. The van der Waals surface area contributed by atoms with Gasteiger partial charge < -0.3 is 10.3 Å². The number of nitrogens with one attached hydrogen (secondary N) is 2. The van der Waals surface area contributed by atoms with Crippen LogP contribution in [0, 0.1) is 13.8 Å². The number of hydrogen-bond acceptors (Lipinski definition) is 5. The maximum atomic E-state index is 12.9. The Bertz CT molecular complexity index is 1330. The zero-order chi connectivity index (χ0) is 28.3. The number of H-pyrrole nitrogens is 1. The summed E-state index contributed by atoms with van der Waals surface area (Å²) in [7, 11) is 0. The van der Waals surface area contributed by atoms with Crippen LogP contribution in [0.4, 0.5) is 5.69 Å². The van der Waals surface area contributed by atoms with Gasteiger partial charge in [-0.05, 0) is 86.3 Å². The second kappa shape index (κ2) is 14.5. The molecule has 4 rings (SSSR count). The third kappa shape index (κ3) is 8.60. The number of imidazole rings is 1. The highest BCUT2D eigenvalue weighted by atomic mass is 16.1. The number of carbonyl (C=O) groups is 1. The Morgan fingerprint density at radius 2 is 1.48 bits per heavy atom. The number of nitrogens with zero attached hydrogens (tertiary/aromatic N) is 4. The van der Waals surface area contributed by atoms with Crippen LogP contribution in [0.15, 0.2) is 73.2 Å². The fourth-order valence-corrected chi connectivity index (χ4v) is 4.96. The van der Waals surface area contributed by atoms with Crippen molar-refractivity contribution >= 4 is 11.6 Å². The highest BCUT2D eigenvalue weighted by Crippen LogP contribution is 2.17. The van der Waals surface area contributed by atoms with E-state index in [0.29, 0.717) is 25.2 Å². The monoisotopic (exact) mass is 538 g/mol. The highest BCUT2D eigenvalue weighted by Gasteiger charge is 2.14. The molecular weight excluding hydrogens is 496 g/mol. The molecule has 1 amide bonds. The molecule has 0 aliphatic heterocycles. The Kier molecular flexibility index (Phi) is 10.6. The zero-order valence-corrected chi connectivity index (χ0v) is 24.3. The number of anilines is 1. The van der Waals surface area contributed by atoms with E-state index < -0.39 is 0 Å². The van der Waals surface area contributed by atoms with Crippen molar-refractivity contribution in [2.45, 2.75) is 66.7 Å². The van der Waals surface area contributed by atoms with Gasteiger partial charge in [0.2, 0.25) is 0 Å². The van der Waals surface area contributed by atoms with Gasteiger partial charge >= 0.3 is 0 Å². The van der Waals surface area contributed by atoms with E-state index in [9.17, 15) is 4.79 Å². The number of benzene rings is 2. The number of aryl methyl sites for hydroxylation is 2. The molecule has 0 bridgehead atoms. The van der Waals surface area contributed by atoms with E-state index in [2.05, 4.69) is 76.0 Å². The molecule has 0 spiro atoms. The van der Waals surface area contributed by atoms with Crippen molar-refractivity contribution < 1.29 is 4.79 Å². The fraction of sp³-hybridized carbons (Fsp3) is 0.364. The first kappa shape index (κ1) is 29.2. The molecule has 0 aliphatic carbocycles. The average molecular weight is 539 g/mol. The largest absolute Gasteiger partial charge is 0.348 e. The second-order valence-electron chi connectivity index (χ2n) is 10.6. The summed E-state index contributed by atoms with van der Waals surface area (Å²) in [5.74, 6) is 0.806. The molecule has 0 aliphatic rings. The first-order valence-corrected chi connectivity index (χ1v) is 14.3. The first-order valence-electron chi connectivity index (χ1n) is 14.3. The molecule has 2 heterocycles. The molecule has 210 valence electrons. The topological polar surface area (TPSA) is 77.2 Å². The predicted octanol–water partition coefficient (Wildman–Crippen LogP) is 6.50. The lowest BCUT2D eigenvalue weighted by Gasteiger charge is -2.22. The van der Waals surface area contributed by atoms with Crippen molar-refractivity contribution in [1.82, 2.24) is 24.8 Å². The van der Waals surface area contributed by atoms with E-state index in [1.54, 1.807) is 6.20 Å². The summed E-state index contributed by atoms with van der Waals surface area (Å²) >= 11 is 0. The Hall–Kier alpha value is -3.81. The van der Waals surface area contributed by atoms with Crippen LogP contribution in [0.3, 0.4) is 0 Å². The average Bonchev–Trinajstić information content (AvgIpc) is 3.45. The van der Waals surface area contributed by atoms with E-state index >= 15 is 0 Å². The van der Waals surface area contributed by atoms with Crippen LogP contribution in [-0.2, 0) is 26.2 Å². The van der Waals surface area contributed by atoms with Gasteiger partial charge in [0.15, 0.2) is 0 Å². The van der Waals surface area contributed by atoms with Crippen LogP contribution < -0.4 is 5.32 Å². The van der Waals surface area contributed by atoms with Gasteiger partial charge in [0, 0.05) is 49.5 Å². The molecule has 0 radical (unpaired) electrons. The summed E-state index contributed by atoms with van der Waals surface area (Å²) in [6.07, 6.45) is 7.84. The van der Waals surface area contributed by atoms with Crippen LogP contribution in [0.2, 0.25) is 0 Å². The quantitative estimate of drug-likeness (QED) is 0.192. The maximum Gasteiger partial charge on any atom is 0.255 e. The molecule has 2 N–H and O–H groups in total. The van der Waals surface area contributed by atoms with Gasteiger partial charge in [0.25, 0.3) is 5.91 Å². The normalized spacial score (nSPS) is 11.3. The summed E-state index contributed by atoms with van der Waals surface area (Å²) in [6.45, 7) is 13.8. The predicted molar refractivity (Wildman–Crippen MR) is 162 cm³/mol. The van der Waals surface area contributed by atoms with Gasteiger partial charge in [-0.3, -0.25) is 19.6 Å². The van der Waals surface area contributed by atoms with Crippen LogP contribution in [0.25, 0.3) is 0 Å². The summed E-state index contributed by atoms with van der Waals surface area (Å²) in [5, 5.41) is 3.04. The molecule has 2 aromatic heterocycles. The third-order valence-corrected chi connectivity index (χ3v) is 6.94.